The van der Waals surface area contributed by atoms with Gasteiger partial charge >= 0.3 is 0 Å². The number of nitrogens with zero attached hydrogens (tertiary/aromatic N) is 1. The molecule has 11 aromatic carbocycles. The summed E-state index contributed by atoms with van der Waals surface area (Å²) in [4.78, 5) is 2.59. The third-order valence-electron chi connectivity index (χ3n) is 23.7. The first-order chi connectivity index (χ1) is 70.4. The number of benzene rings is 11. The van der Waals surface area contributed by atoms with Crippen LogP contribution in [0.25, 0.3) is 10.8 Å². The molecule has 0 saturated heterocycles. The number of hydrogen-bond donors (Lipinski definition) is 0. The van der Waals surface area contributed by atoms with Crippen molar-refractivity contribution < 1.29 is 90.0 Å². The quantitative estimate of drug-likeness (QED) is 0.0259. The molecule has 144 heavy (non-hydrogen) atoms. The Balaban J connectivity index is 0.495. The molecule has 14 rings (SSSR count). The lowest BCUT2D eigenvalue weighted by Crippen LogP contribution is -2.31. The molecule has 20 nitrogen and oxygen atoms in total. The van der Waals surface area contributed by atoms with E-state index in [0.717, 1.165) is 109 Å². The highest BCUT2D eigenvalue weighted by Gasteiger charge is 2.40. The molecule has 0 spiro atoms. The van der Waals surface area contributed by atoms with E-state index in [0.29, 0.717) is 156 Å². The van der Waals surface area contributed by atoms with Crippen LogP contribution in [0.3, 0.4) is 0 Å². The van der Waals surface area contributed by atoms with Crippen LogP contribution in [0.5, 0.6) is 57.5 Å². The maximum absolute atomic E-state index is 6.74. The van der Waals surface area contributed by atoms with Crippen LogP contribution >= 0.6 is 82.3 Å². The van der Waals surface area contributed by atoms with Gasteiger partial charge in [-0.05, 0) is 175 Å². The van der Waals surface area contributed by atoms with Gasteiger partial charge in [-0.1, -0.05) is 260 Å². The molecule has 766 valence electrons. The van der Waals surface area contributed by atoms with Crippen LogP contribution in [-0.4, -0.2) is 182 Å². The predicted molar refractivity (Wildman–Crippen MR) is 591 cm³/mol. The number of fused-ring (bicyclic) bond motifs is 2. The maximum atomic E-state index is 6.74. The van der Waals surface area contributed by atoms with Crippen molar-refractivity contribution in [2.75, 3.05) is 177 Å². The predicted octanol–water partition coefficient (Wildman–Crippen LogP) is 26.6. The zero-order chi connectivity index (χ0) is 100. The van der Waals surface area contributed by atoms with Crippen LogP contribution < -0.4 is 47.4 Å². The second-order valence-electron chi connectivity index (χ2n) is 36.1. The van der Waals surface area contributed by atoms with Gasteiger partial charge < -0.3 is 94.6 Å². The van der Waals surface area contributed by atoms with Gasteiger partial charge in [-0.3, -0.25) is 0 Å². The van der Waals surface area contributed by atoms with Crippen molar-refractivity contribution >= 4 is 93.1 Å². The number of rotatable bonds is 64. The van der Waals surface area contributed by atoms with Crippen LogP contribution in [-0.2, 0) is 104 Å². The van der Waals surface area contributed by atoms with Crippen molar-refractivity contribution in [1.82, 2.24) is 4.57 Å². The van der Waals surface area contributed by atoms with Crippen molar-refractivity contribution in [2.24, 2.45) is 0 Å². The van der Waals surface area contributed by atoms with E-state index in [1.165, 1.54) is 71.2 Å². The minimum Gasteiger partial charge on any atom is -0.491 e. The Labute approximate surface area is 881 Å². The lowest BCUT2D eigenvalue weighted by Gasteiger charge is -2.38. The molecule has 3 heterocycles. The van der Waals surface area contributed by atoms with Crippen LogP contribution in [0.4, 0.5) is 0 Å². The standard InChI is InChI=1S/C117H137NO19S7/c1-12-85-20-30-93(31-21-85)117(94-36-32-91(33-37-94)115(3,4)5,95-38-34-92(35-39-95)116(6,7)8)96-40-50-100(51-41-96)131-69-63-126-64-70-132-104-18-14-17-103-102(104)16-15-19-105(103)133-71-65-127-73-75-140-112-111(139-13-2)143-114(144-112)113-141-108-78-118(79-109(108)142-113)52-53-122-72-74-138-84-89-28-48-101(49-29-89)134-83-90-76-106(135-80-86-22-42-97(43-23-86)128-66-60-123-57-54-119-9)110(137-82-88-26-46-99(47-27-88)130-68-62-125-59-56-121-11)107(77-90)136-81-87-24-44-98(45-25-87)129-67-61-124-58-55-120-10/h14-51,76-79H,12-13,52-75,80-84H2,1-11H3. The van der Waals surface area contributed by atoms with Crippen LogP contribution in [0.2, 0.25) is 0 Å². The third-order valence-corrected chi connectivity index (χ3v) is 33.1. The second-order valence-corrected chi connectivity index (χ2v) is 44.8. The Bertz CT molecular complexity index is 5750. The average molecular weight is 2090 g/mol. The van der Waals surface area contributed by atoms with E-state index < -0.39 is 5.41 Å². The highest BCUT2D eigenvalue weighted by Crippen LogP contribution is 2.64. The Hall–Kier alpha value is -9.47. The Kier molecular flexibility index (Phi) is 44.6. The van der Waals surface area contributed by atoms with E-state index in [2.05, 4.69) is 194 Å². The topological polar surface area (TPSA) is 180 Å². The summed E-state index contributed by atoms with van der Waals surface area (Å²) in [5.41, 5.74) is 13.0. The summed E-state index contributed by atoms with van der Waals surface area (Å²) in [6, 6.07) is 84.3. The molecular weight excluding hydrogens is 1950 g/mol. The van der Waals surface area contributed by atoms with Crippen molar-refractivity contribution in [3.05, 3.63) is 339 Å². The second kappa shape index (κ2) is 58.3. The molecule has 1 aromatic heterocycles. The summed E-state index contributed by atoms with van der Waals surface area (Å²) in [6.45, 7) is 29.9. The van der Waals surface area contributed by atoms with Gasteiger partial charge in [0.05, 0.1) is 121 Å². The van der Waals surface area contributed by atoms with Gasteiger partial charge in [-0.25, -0.2) is 0 Å². The van der Waals surface area contributed by atoms with Crippen LogP contribution in [0.15, 0.2) is 282 Å². The van der Waals surface area contributed by atoms with Gasteiger partial charge in [-0.15, -0.1) is 23.5 Å². The SMILES string of the molecule is CCSC1=C(SCCOCCOc2cccc3c(OCCOCCOc4ccc(C(c5ccc(CC)cc5)(c5ccc(C(C)(C)C)cc5)c5ccc(C(C)(C)C)cc5)cc4)cccc23)SC(=C2Sc3cn(CCOCCSCc4ccc(OCc5cc(OCc6ccc(OCCOCCOC)cc6)c(OCc6ccc(OCCOCCOC)cc6)c(OCc6ccc(OCCOCCOC)cc6)c5)cc4)cc3S2)S1. The van der Waals surface area contributed by atoms with Gasteiger partial charge in [0.2, 0.25) is 5.75 Å². The smallest absolute Gasteiger partial charge is 0.203 e. The molecule has 12 aromatic rings. The number of thioether (sulfide) groups is 7. The summed E-state index contributed by atoms with van der Waals surface area (Å²) in [5.74, 6) is 10.3. The lowest BCUT2D eigenvalue weighted by atomic mass is 9.64. The first-order valence-electron chi connectivity index (χ1n) is 49.3. The zero-order valence-electron chi connectivity index (χ0n) is 84.7. The van der Waals surface area contributed by atoms with E-state index in [4.69, 9.17) is 90.0 Å². The molecule has 0 saturated carbocycles. The first-order valence-corrected chi connectivity index (χ1v) is 55.7. The van der Waals surface area contributed by atoms with Crippen LogP contribution in [0, 0.1) is 0 Å². The Morgan fingerprint density at radius 2 is 0.625 bits per heavy atom. The fourth-order valence-electron chi connectivity index (χ4n) is 15.9. The molecule has 2 aliphatic rings. The summed E-state index contributed by atoms with van der Waals surface area (Å²) in [5, 5.41) is 1.97. The van der Waals surface area contributed by atoms with E-state index in [-0.39, 0.29) is 37.3 Å². The maximum Gasteiger partial charge on any atom is 0.203 e. The molecule has 0 amide bonds. The fourth-order valence-corrected chi connectivity index (χ4v) is 25.2. The molecule has 2 aliphatic heterocycles. The largest absolute Gasteiger partial charge is 0.491 e. The highest BCUT2D eigenvalue weighted by molar-refractivity contribution is 8.42. The van der Waals surface area contributed by atoms with Crippen molar-refractivity contribution in [1.29, 1.82) is 0 Å². The molecule has 0 aliphatic carbocycles. The number of methoxy groups -OCH3 is 3. The van der Waals surface area contributed by atoms with E-state index in [9.17, 15) is 0 Å². The molecule has 0 unspecified atom stereocenters. The number of aromatic nitrogens is 1. The minimum absolute atomic E-state index is 0.0228. The molecule has 0 atom stereocenters. The Morgan fingerprint density at radius 1 is 0.285 bits per heavy atom. The normalized spacial score (nSPS) is 12.7. The molecule has 0 fully saturated rings. The van der Waals surface area contributed by atoms with Crippen LogP contribution in [0.1, 0.15) is 122 Å². The number of aryl methyl sites for hydroxylation is 1. The lowest BCUT2D eigenvalue weighted by molar-refractivity contribution is 0.0544. The number of hydrogen-bond acceptors (Lipinski definition) is 26. The van der Waals surface area contributed by atoms with E-state index in [1.807, 2.05) is 204 Å². The van der Waals surface area contributed by atoms with E-state index in [1.54, 1.807) is 21.3 Å². The van der Waals surface area contributed by atoms with Crippen molar-refractivity contribution in [3.63, 3.8) is 0 Å². The highest BCUT2D eigenvalue weighted by atomic mass is 32.3. The molecule has 0 radical (unpaired) electrons. The average Bonchev–Trinajstić information content (AvgIpc) is 0.857. The summed E-state index contributed by atoms with van der Waals surface area (Å²) >= 11 is 13.2. The van der Waals surface area contributed by atoms with Gasteiger partial charge in [0.25, 0.3) is 0 Å². The van der Waals surface area contributed by atoms with Crippen molar-refractivity contribution in [3.8, 4) is 57.5 Å². The molecular formula is C117H137NO19S7. The van der Waals surface area contributed by atoms with Gasteiger partial charge in [0.1, 0.15) is 106 Å². The summed E-state index contributed by atoms with van der Waals surface area (Å²) < 4.78 is 122. The molecule has 0 N–H and O–H groups in total. The fraction of sp³-hybridized carbons (Fsp3) is 0.385. The zero-order valence-corrected chi connectivity index (χ0v) is 90.4. The minimum atomic E-state index is -0.588. The number of ether oxygens (including phenoxy) is 19. The summed E-state index contributed by atoms with van der Waals surface area (Å²) in [6.07, 6.45) is 5.52. The monoisotopic (exact) mass is 2080 g/mol. The molecule has 27 heteroatoms. The van der Waals surface area contributed by atoms with Crippen molar-refractivity contribution in [2.45, 2.75) is 127 Å². The Morgan fingerprint density at radius 3 is 1.05 bits per heavy atom. The first kappa shape index (κ1) is 110. The van der Waals surface area contributed by atoms with E-state index >= 15 is 0 Å². The third kappa shape index (κ3) is 33.5. The van der Waals surface area contributed by atoms with Gasteiger partial charge in [0.15, 0.2) is 11.5 Å². The molecule has 0 bridgehead atoms. The summed E-state index contributed by atoms with van der Waals surface area (Å²) in [7, 11) is 4.96. The van der Waals surface area contributed by atoms with Gasteiger partial charge in [0, 0.05) is 78.1 Å². The van der Waals surface area contributed by atoms with Gasteiger partial charge in [-0.2, -0.15) is 11.8 Å².